The van der Waals surface area contributed by atoms with Gasteiger partial charge in [0.1, 0.15) is 0 Å². The maximum absolute atomic E-state index is 5.56. The van der Waals surface area contributed by atoms with E-state index >= 15 is 0 Å². The standard InChI is InChI=1S/C15H28N4OS.HI/c1-6-16-15(17-7-8-20-10-12(2)3)19(5)9-14-11-21-13(4)18-14;/h11-12H,6-10H2,1-5H3,(H,16,17);1H. The first kappa shape index (κ1) is 21.6. The molecule has 1 aromatic heterocycles. The number of hydrogen-bond donors (Lipinski definition) is 1. The highest BCUT2D eigenvalue weighted by Crippen LogP contribution is 2.09. The molecule has 0 radical (unpaired) electrons. The Labute approximate surface area is 155 Å². The molecule has 0 aliphatic heterocycles. The van der Waals surface area contributed by atoms with E-state index in [9.17, 15) is 0 Å². The Morgan fingerprint density at radius 3 is 2.77 bits per heavy atom. The molecule has 0 saturated carbocycles. The van der Waals surface area contributed by atoms with E-state index in [1.54, 1.807) is 11.3 Å². The summed E-state index contributed by atoms with van der Waals surface area (Å²) in [7, 11) is 2.03. The van der Waals surface area contributed by atoms with Crippen LogP contribution >= 0.6 is 35.3 Å². The zero-order chi connectivity index (χ0) is 15.7. The van der Waals surface area contributed by atoms with E-state index in [4.69, 9.17) is 4.74 Å². The number of guanidine groups is 1. The number of hydrogen-bond acceptors (Lipinski definition) is 4. The maximum Gasteiger partial charge on any atom is 0.194 e. The third-order valence-corrected chi connectivity index (χ3v) is 3.53. The fraction of sp³-hybridized carbons (Fsp3) is 0.733. The molecule has 0 bridgehead atoms. The molecule has 1 rings (SSSR count). The highest BCUT2D eigenvalue weighted by molar-refractivity contribution is 14.0. The summed E-state index contributed by atoms with van der Waals surface area (Å²) in [6.07, 6.45) is 0. The molecular formula is C15H29IN4OS. The number of thiazole rings is 1. The Hall–Kier alpha value is -0.410. The van der Waals surface area contributed by atoms with E-state index in [2.05, 4.69) is 46.3 Å². The van der Waals surface area contributed by atoms with E-state index in [0.29, 0.717) is 19.1 Å². The molecule has 0 atom stereocenters. The van der Waals surface area contributed by atoms with Crippen molar-refractivity contribution in [3.05, 3.63) is 16.1 Å². The van der Waals surface area contributed by atoms with E-state index in [0.717, 1.165) is 36.4 Å². The summed E-state index contributed by atoms with van der Waals surface area (Å²) in [6.45, 7) is 12.2. The summed E-state index contributed by atoms with van der Waals surface area (Å²) in [5.41, 5.74) is 1.08. The van der Waals surface area contributed by atoms with Crippen LogP contribution in [0.25, 0.3) is 0 Å². The van der Waals surface area contributed by atoms with E-state index in [1.165, 1.54) is 0 Å². The van der Waals surface area contributed by atoms with Crippen molar-refractivity contribution in [3.63, 3.8) is 0 Å². The minimum Gasteiger partial charge on any atom is -0.379 e. The van der Waals surface area contributed by atoms with Gasteiger partial charge in [0.25, 0.3) is 0 Å². The van der Waals surface area contributed by atoms with Gasteiger partial charge in [0, 0.05) is 25.6 Å². The molecule has 0 aliphatic carbocycles. The summed E-state index contributed by atoms with van der Waals surface area (Å²) in [5, 5.41) is 6.50. The molecule has 0 aliphatic rings. The highest BCUT2D eigenvalue weighted by Gasteiger charge is 2.08. The van der Waals surface area contributed by atoms with Gasteiger partial charge in [-0.2, -0.15) is 0 Å². The molecule has 0 unspecified atom stereocenters. The van der Waals surface area contributed by atoms with Gasteiger partial charge in [-0.15, -0.1) is 35.3 Å². The van der Waals surface area contributed by atoms with E-state index < -0.39 is 0 Å². The van der Waals surface area contributed by atoms with Crippen LogP contribution in [0.4, 0.5) is 0 Å². The summed E-state index contributed by atoms with van der Waals surface area (Å²) in [6, 6.07) is 0. The third kappa shape index (κ3) is 8.89. The molecule has 5 nitrogen and oxygen atoms in total. The fourth-order valence-corrected chi connectivity index (χ4v) is 2.41. The van der Waals surface area contributed by atoms with Crippen LogP contribution in [0, 0.1) is 12.8 Å². The predicted molar refractivity (Wildman–Crippen MR) is 105 cm³/mol. The predicted octanol–water partition coefficient (Wildman–Crippen LogP) is 3.14. The van der Waals surface area contributed by atoms with Crippen molar-refractivity contribution in [1.29, 1.82) is 0 Å². The first-order chi connectivity index (χ1) is 10.0. The summed E-state index contributed by atoms with van der Waals surface area (Å²) in [5.74, 6) is 1.47. The van der Waals surface area contributed by atoms with Crippen LogP contribution in [0.15, 0.2) is 10.4 Å². The second-order valence-corrected chi connectivity index (χ2v) is 6.48. The second-order valence-electron chi connectivity index (χ2n) is 5.42. The van der Waals surface area contributed by atoms with Crippen LogP contribution in [-0.4, -0.2) is 49.2 Å². The largest absolute Gasteiger partial charge is 0.379 e. The second kappa shape index (κ2) is 12.1. The molecule has 0 spiro atoms. The zero-order valence-corrected chi connectivity index (χ0v) is 17.4. The van der Waals surface area contributed by atoms with Gasteiger partial charge in [0.2, 0.25) is 0 Å². The number of aryl methyl sites for hydroxylation is 1. The highest BCUT2D eigenvalue weighted by atomic mass is 127. The van der Waals surface area contributed by atoms with Crippen molar-refractivity contribution < 1.29 is 4.74 Å². The zero-order valence-electron chi connectivity index (χ0n) is 14.3. The Balaban J connectivity index is 0.00000441. The molecule has 1 aromatic rings. The normalized spacial score (nSPS) is 11.5. The van der Waals surface area contributed by atoms with Crippen molar-refractivity contribution in [2.45, 2.75) is 34.2 Å². The number of nitrogens with one attached hydrogen (secondary N) is 1. The van der Waals surface area contributed by atoms with Gasteiger partial charge in [-0.25, -0.2) is 4.98 Å². The van der Waals surface area contributed by atoms with Crippen LogP contribution in [-0.2, 0) is 11.3 Å². The van der Waals surface area contributed by atoms with Crippen molar-refractivity contribution in [3.8, 4) is 0 Å². The lowest BCUT2D eigenvalue weighted by atomic mass is 10.2. The molecular weight excluding hydrogens is 411 g/mol. The molecule has 0 saturated heterocycles. The number of nitrogens with zero attached hydrogens (tertiary/aromatic N) is 3. The minimum absolute atomic E-state index is 0. The molecule has 22 heavy (non-hydrogen) atoms. The average molecular weight is 440 g/mol. The monoisotopic (exact) mass is 440 g/mol. The number of aromatic nitrogens is 1. The van der Waals surface area contributed by atoms with Crippen molar-refractivity contribution in [2.24, 2.45) is 10.9 Å². The van der Waals surface area contributed by atoms with Gasteiger partial charge < -0.3 is 15.0 Å². The lowest BCUT2D eigenvalue weighted by Crippen LogP contribution is -2.38. The van der Waals surface area contributed by atoms with Gasteiger partial charge in [0.15, 0.2) is 5.96 Å². The Kier molecular flexibility index (Phi) is 11.8. The van der Waals surface area contributed by atoms with Gasteiger partial charge in [-0.3, -0.25) is 4.99 Å². The van der Waals surface area contributed by atoms with Crippen molar-refractivity contribution >= 4 is 41.3 Å². The Morgan fingerprint density at radius 2 is 2.23 bits per heavy atom. The number of rotatable bonds is 8. The molecule has 1 N–H and O–H groups in total. The Morgan fingerprint density at radius 1 is 1.50 bits per heavy atom. The molecule has 7 heteroatoms. The van der Waals surface area contributed by atoms with Gasteiger partial charge in [0.05, 0.1) is 30.4 Å². The average Bonchev–Trinajstić information content (AvgIpc) is 2.82. The minimum atomic E-state index is 0. The molecule has 128 valence electrons. The quantitative estimate of drug-likeness (QED) is 0.292. The third-order valence-electron chi connectivity index (χ3n) is 2.71. The first-order valence-corrected chi connectivity index (χ1v) is 8.39. The summed E-state index contributed by atoms with van der Waals surface area (Å²) < 4.78 is 5.56. The lowest BCUT2D eigenvalue weighted by Gasteiger charge is -2.21. The number of ether oxygens (including phenoxy) is 1. The summed E-state index contributed by atoms with van der Waals surface area (Å²) in [4.78, 5) is 11.2. The van der Waals surface area contributed by atoms with Crippen molar-refractivity contribution in [2.75, 3.05) is 33.4 Å². The fourth-order valence-electron chi connectivity index (χ4n) is 1.80. The van der Waals surface area contributed by atoms with Gasteiger partial charge >= 0.3 is 0 Å². The van der Waals surface area contributed by atoms with Crippen molar-refractivity contribution in [1.82, 2.24) is 15.2 Å². The molecule has 0 aromatic carbocycles. The summed E-state index contributed by atoms with van der Waals surface area (Å²) >= 11 is 1.68. The number of aliphatic imine (C=N–C) groups is 1. The number of halogens is 1. The van der Waals surface area contributed by atoms with E-state index in [-0.39, 0.29) is 24.0 Å². The van der Waals surface area contributed by atoms with Crippen LogP contribution in [0.5, 0.6) is 0 Å². The van der Waals surface area contributed by atoms with Gasteiger partial charge in [-0.05, 0) is 19.8 Å². The topological polar surface area (TPSA) is 49.8 Å². The maximum atomic E-state index is 5.56. The molecule has 1 heterocycles. The van der Waals surface area contributed by atoms with Crippen LogP contribution < -0.4 is 5.32 Å². The lowest BCUT2D eigenvalue weighted by molar-refractivity contribution is 0.116. The first-order valence-electron chi connectivity index (χ1n) is 7.51. The van der Waals surface area contributed by atoms with Gasteiger partial charge in [-0.1, -0.05) is 13.8 Å². The Bertz CT molecular complexity index is 437. The SMILES string of the molecule is CCNC(=NCCOCC(C)C)N(C)Cc1csc(C)n1.I. The van der Waals surface area contributed by atoms with Crippen LogP contribution in [0.2, 0.25) is 0 Å². The molecule has 0 amide bonds. The smallest absolute Gasteiger partial charge is 0.194 e. The van der Waals surface area contributed by atoms with E-state index in [1.807, 2.05) is 14.0 Å². The van der Waals surface area contributed by atoms with Crippen LogP contribution in [0.3, 0.4) is 0 Å². The molecule has 0 fully saturated rings. The van der Waals surface area contributed by atoms with Crippen LogP contribution in [0.1, 0.15) is 31.5 Å².